The van der Waals surface area contributed by atoms with Gasteiger partial charge in [-0.05, 0) is 79.5 Å². The molecule has 0 radical (unpaired) electrons. The first-order valence-electron chi connectivity index (χ1n) is 12.4. The van der Waals surface area contributed by atoms with Gasteiger partial charge in [-0.2, -0.15) is 0 Å². The van der Waals surface area contributed by atoms with Crippen LogP contribution >= 0.6 is 7.37 Å². The minimum atomic E-state index is -3.59. The Labute approximate surface area is 204 Å². The van der Waals surface area contributed by atoms with Crippen LogP contribution in [0.5, 0.6) is 0 Å². The Hall–Kier alpha value is -1.72. The van der Waals surface area contributed by atoms with Crippen LogP contribution in [0.15, 0.2) is 71.6 Å². The number of nitrogens with one attached hydrogen (secondary N) is 1. The van der Waals surface area contributed by atoms with E-state index in [0.29, 0.717) is 41.4 Å². The van der Waals surface area contributed by atoms with Crippen LogP contribution in [0.3, 0.4) is 0 Å². The lowest BCUT2D eigenvalue weighted by atomic mass is 9.83. The predicted octanol–water partition coefficient (Wildman–Crippen LogP) is 6.06. The van der Waals surface area contributed by atoms with Crippen LogP contribution in [0, 0.1) is 17.8 Å². The molecule has 2 fully saturated rings. The maximum Gasteiger partial charge on any atom is 0.240 e. The lowest BCUT2D eigenvalue weighted by Gasteiger charge is -2.31. The molecule has 0 aliphatic heterocycles. The molecule has 34 heavy (non-hydrogen) atoms. The van der Waals surface area contributed by atoms with Gasteiger partial charge in [-0.1, -0.05) is 61.5 Å². The number of benzene rings is 2. The molecule has 2 bridgehead atoms. The summed E-state index contributed by atoms with van der Waals surface area (Å²) in [6.45, 7) is 1.75. The van der Waals surface area contributed by atoms with Crippen molar-refractivity contribution in [3.05, 3.63) is 66.7 Å². The smallest absolute Gasteiger partial charge is 0.240 e. The molecule has 184 valence electrons. The minimum Gasteiger partial charge on any atom is -0.344 e. The first kappa shape index (κ1) is 25.4. The maximum absolute atomic E-state index is 13.2. The summed E-state index contributed by atoms with van der Waals surface area (Å²) in [5, 5.41) is 0. The zero-order chi connectivity index (χ0) is 24.2. The van der Waals surface area contributed by atoms with Crippen molar-refractivity contribution in [3.63, 3.8) is 0 Å². The molecule has 5 atom stereocenters. The summed E-state index contributed by atoms with van der Waals surface area (Å²) in [5.41, 5.74) is 2.06. The maximum atomic E-state index is 13.2. The van der Waals surface area contributed by atoms with E-state index in [9.17, 15) is 17.9 Å². The fourth-order valence-corrected chi connectivity index (χ4v) is 7.97. The van der Waals surface area contributed by atoms with Gasteiger partial charge in [-0.25, -0.2) is 13.1 Å². The second-order valence-corrected chi connectivity index (χ2v) is 14.3. The third kappa shape index (κ3) is 6.09. The van der Waals surface area contributed by atoms with Gasteiger partial charge in [0.1, 0.15) is 0 Å². The summed E-state index contributed by atoms with van der Waals surface area (Å²) < 4.78 is 41.3. The van der Waals surface area contributed by atoms with Crippen molar-refractivity contribution >= 4 is 17.4 Å². The van der Waals surface area contributed by atoms with Crippen molar-refractivity contribution in [3.8, 4) is 11.1 Å². The highest BCUT2D eigenvalue weighted by molar-refractivity contribution is 7.89. The highest BCUT2D eigenvalue weighted by Gasteiger charge is 2.48. The van der Waals surface area contributed by atoms with Crippen LogP contribution in [0.4, 0.5) is 0 Å². The SMILES string of the molecule is CCP(=O)(O)CCC/C=C\CC1C(NS(=O)(=O)c2ccc(-c3ccccc3)cc2)[C@@H]2CC[C@H]1C2. The monoisotopic (exact) mass is 501 g/mol. The lowest BCUT2D eigenvalue weighted by molar-refractivity contribution is 0.274. The molecule has 4 rings (SSSR count). The zero-order valence-electron chi connectivity index (χ0n) is 19.8. The van der Waals surface area contributed by atoms with E-state index in [2.05, 4.69) is 16.9 Å². The number of allylic oxidation sites excluding steroid dienone is 2. The van der Waals surface area contributed by atoms with Gasteiger partial charge in [0.05, 0.1) is 4.90 Å². The molecule has 2 aliphatic rings. The van der Waals surface area contributed by atoms with Crippen LogP contribution in [0.25, 0.3) is 11.1 Å². The Morgan fingerprint density at radius 1 is 1.00 bits per heavy atom. The Bertz CT molecular complexity index is 1130. The Morgan fingerprint density at radius 3 is 2.38 bits per heavy atom. The molecule has 7 heteroatoms. The fourth-order valence-electron chi connectivity index (χ4n) is 5.62. The number of hydrogen-bond acceptors (Lipinski definition) is 3. The van der Waals surface area contributed by atoms with Gasteiger partial charge >= 0.3 is 0 Å². The highest BCUT2D eigenvalue weighted by atomic mass is 32.2. The first-order chi connectivity index (χ1) is 16.3. The first-order valence-corrected chi connectivity index (χ1v) is 15.9. The molecule has 0 amide bonds. The number of rotatable bonds is 11. The second kappa shape index (κ2) is 10.9. The van der Waals surface area contributed by atoms with Crippen LogP contribution in [0.1, 0.15) is 45.4 Å². The Balaban J connectivity index is 1.37. The van der Waals surface area contributed by atoms with E-state index in [1.54, 1.807) is 19.1 Å². The van der Waals surface area contributed by atoms with E-state index in [-0.39, 0.29) is 6.04 Å². The number of unbranched alkanes of at least 4 members (excludes halogenated alkanes) is 1. The third-order valence-electron chi connectivity index (χ3n) is 7.60. The molecule has 3 unspecified atom stereocenters. The van der Waals surface area contributed by atoms with Crippen molar-refractivity contribution in [2.75, 3.05) is 12.3 Å². The van der Waals surface area contributed by atoms with Crippen LogP contribution in [-0.4, -0.2) is 31.7 Å². The van der Waals surface area contributed by atoms with Gasteiger partial charge in [0.15, 0.2) is 7.37 Å². The summed E-state index contributed by atoms with van der Waals surface area (Å²) >= 11 is 0. The van der Waals surface area contributed by atoms with E-state index < -0.39 is 17.4 Å². The summed E-state index contributed by atoms with van der Waals surface area (Å²) in [7, 11) is -6.54. The molecule has 5 nitrogen and oxygen atoms in total. The van der Waals surface area contributed by atoms with E-state index in [1.807, 2.05) is 42.5 Å². The van der Waals surface area contributed by atoms with Gasteiger partial charge in [-0.15, -0.1) is 0 Å². The Morgan fingerprint density at radius 2 is 1.68 bits per heavy atom. The molecule has 2 saturated carbocycles. The number of sulfonamides is 1. The Kier molecular flexibility index (Phi) is 8.14. The molecule has 0 saturated heterocycles. The van der Waals surface area contributed by atoms with Gasteiger partial charge in [0.25, 0.3) is 0 Å². The molecule has 0 aromatic heterocycles. The summed E-state index contributed by atoms with van der Waals surface area (Å²) in [4.78, 5) is 10.0. The van der Waals surface area contributed by atoms with Crippen molar-refractivity contribution < 1.29 is 17.9 Å². The number of hydrogen-bond donors (Lipinski definition) is 2. The lowest BCUT2D eigenvalue weighted by Crippen LogP contribution is -2.43. The van der Waals surface area contributed by atoms with Crippen molar-refractivity contribution in [1.29, 1.82) is 0 Å². The molecule has 2 N–H and O–H groups in total. The van der Waals surface area contributed by atoms with Crippen LogP contribution in [-0.2, 0) is 14.6 Å². The molecular weight excluding hydrogens is 465 g/mol. The van der Waals surface area contributed by atoms with Gasteiger partial charge in [-0.3, -0.25) is 4.57 Å². The van der Waals surface area contributed by atoms with Gasteiger partial charge in [0.2, 0.25) is 10.0 Å². The highest BCUT2D eigenvalue weighted by Crippen LogP contribution is 2.50. The van der Waals surface area contributed by atoms with E-state index in [0.717, 1.165) is 36.8 Å². The van der Waals surface area contributed by atoms with Gasteiger partial charge < -0.3 is 4.89 Å². The third-order valence-corrected chi connectivity index (χ3v) is 11.1. The minimum absolute atomic E-state index is 0.0278. The van der Waals surface area contributed by atoms with Crippen molar-refractivity contribution in [2.45, 2.75) is 56.4 Å². The largest absolute Gasteiger partial charge is 0.344 e. The summed E-state index contributed by atoms with van der Waals surface area (Å²) in [5.74, 6) is 1.29. The van der Waals surface area contributed by atoms with Gasteiger partial charge in [0, 0.05) is 18.4 Å². The van der Waals surface area contributed by atoms with Crippen LogP contribution < -0.4 is 4.72 Å². The van der Waals surface area contributed by atoms with Crippen molar-refractivity contribution in [2.24, 2.45) is 17.8 Å². The van der Waals surface area contributed by atoms with E-state index in [1.165, 1.54) is 6.42 Å². The normalized spacial score (nSPS) is 26.2. The molecule has 2 aromatic carbocycles. The van der Waals surface area contributed by atoms with E-state index in [4.69, 9.17) is 0 Å². The second-order valence-electron chi connectivity index (χ2n) is 9.77. The number of fused-ring (bicyclic) bond motifs is 2. The summed E-state index contributed by atoms with van der Waals surface area (Å²) in [6.07, 6.45) is 10.7. The predicted molar refractivity (Wildman–Crippen MR) is 139 cm³/mol. The molecule has 2 aromatic rings. The van der Waals surface area contributed by atoms with Crippen LogP contribution in [0.2, 0.25) is 0 Å². The topological polar surface area (TPSA) is 83.5 Å². The van der Waals surface area contributed by atoms with E-state index >= 15 is 0 Å². The molecule has 2 aliphatic carbocycles. The summed E-state index contributed by atoms with van der Waals surface area (Å²) in [6, 6.07) is 17.0. The standard InChI is InChI=1S/C27H36NO4PS/c1-2-33(29,30)19-9-4-3-8-12-26-23-13-14-24(20-23)27(26)28-34(31,32)25-17-15-22(16-18-25)21-10-6-5-7-11-21/h3,5-8,10-11,15-18,23-24,26-28H,2,4,9,12-14,19-20H2,1H3,(H,29,30)/b8-3-/t23-,24+,26?,27?/m0/s1. The molecule has 0 heterocycles. The molecular formula is C27H36NO4PS. The van der Waals surface area contributed by atoms with Crippen molar-refractivity contribution in [1.82, 2.24) is 4.72 Å². The average Bonchev–Trinajstić information content (AvgIpc) is 3.44. The quantitative estimate of drug-likeness (QED) is 0.223. The zero-order valence-corrected chi connectivity index (χ0v) is 21.6. The molecule has 0 spiro atoms. The average molecular weight is 502 g/mol. The fraction of sp³-hybridized carbons (Fsp3) is 0.481.